The van der Waals surface area contributed by atoms with E-state index in [0.29, 0.717) is 23.4 Å². The zero-order valence-electron chi connectivity index (χ0n) is 18.0. The van der Waals surface area contributed by atoms with Gasteiger partial charge in [0.2, 0.25) is 0 Å². The Balaban J connectivity index is 2.23. The number of aryl methyl sites for hydroxylation is 2. The van der Waals surface area contributed by atoms with Crippen LogP contribution in [-0.4, -0.2) is 40.5 Å². The van der Waals surface area contributed by atoms with Gasteiger partial charge in [-0.25, -0.2) is 4.79 Å². The Morgan fingerprint density at radius 1 is 1.25 bits per heavy atom. The minimum absolute atomic E-state index is 0.00890. The lowest BCUT2D eigenvalue weighted by atomic mass is 10.1. The van der Waals surface area contributed by atoms with E-state index < -0.39 is 23.5 Å². The Kier molecular flexibility index (Phi) is 9.34. The summed E-state index contributed by atoms with van der Waals surface area (Å²) in [5.41, 5.74) is 3.16. The maximum absolute atomic E-state index is 13.1. The predicted octanol–water partition coefficient (Wildman–Crippen LogP) is 3.55. The van der Waals surface area contributed by atoms with Crippen molar-refractivity contribution in [3.8, 4) is 6.07 Å². The smallest absolute Gasteiger partial charge is 0.326 e. The number of benzene rings is 2. The van der Waals surface area contributed by atoms with Gasteiger partial charge in [0.25, 0.3) is 0 Å². The molecule has 0 aliphatic heterocycles. The van der Waals surface area contributed by atoms with E-state index in [4.69, 9.17) is 14.0 Å². The number of carbonyl (C=O) groups excluding carboxylic acids is 2. The summed E-state index contributed by atoms with van der Waals surface area (Å²) in [4.78, 5) is 25.8. The predicted molar refractivity (Wildman–Crippen MR) is 120 cm³/mol. The van der Waals surface area contributed by atoms with Crippen molar-refractivity contribution in [3.63, 3.8) is 0 Å². The summed E-state index contributed by atoms with van der Waals surface area (Å²) < 4.78 is 29.5. The molecule has 0 radical (unpaired) electrons. The fourth-order valence-corrected chi connectivity index (χ4v) is 3.32. The van der Waals surface area contributed by atoms with Gasteiger partial charge < -0.3 is 10.1 Å². The third kappa shape index (κ3) is 7.46. The number of carbonyl (C=O) groups is 2. The molecule has 10 heteroatoms. The van der Waals surface area contributed by atoms with Crippen molar-refractivity contribution in [3.05, 3.63) is 59.2 Å². The lowest BCUT2D eigenvalue weighted by Crippen LogP contribution is -2.40. The van der Waals surface area contributed by atoms with Crippen LogP contribution in [0.4, 0.5) is 16.2 Å². The zero-order valence-corrected chi connectivity index (χ0v) is 18.8. The van der Waals surface area contributed by atoms with Crippen LogP contribution >= 0.6 is 0 Å². The molecule has 0 fully saturated rings. The van der Waals surface area contributed by atoms with E-state index in [1.807, 2.05) is 6.07 Å². The van der Waals surface area contributed by atoms with Crippen LogP contribution in [0.2, 0.25) is 0 Å². The second-order valence-electron chi connectivity index (χ2n) is 7.05. The lowest BCUT2D eigenvalue weighted by molar-refractivity contribution is -0.140. The Morgan fingerprint density at radius 3 is 2.50 bits per heavy atom. The third-order valence-corrected chi connectivity index (χ3v) is 5.12. The molecule has 2 unspecified atom stereocenters. The van der Waals surface area contributed by atoms with Crippen molar-refractivity contribution in [2.24, 2.45) is 0 Å². The molecule has 0 bridgehead atoms. The quantitative estimate of drug-likeness (QED) is 0.433. The molecule has 0 aliphatic carbocycles. The summed E-state index contributed by atoms with van der Waals surface area (Å²) in [6, 6.07) is 13.5. The maximum atomic E-state index is 13.1. The fraction of sp³-hybridized carbons (Fsp3) is 0.318. The molecular weight excluding hydrogens is 434 g/mol. The monoisotopic (exact) mass is 459 g/mol. The summed E-state index contributed by atoms with van der Waals surface area (Å²) in [5.74, 6) is -0.309. The minimum Gasteiger partial charge on any atom is -0.469 e. The van der Waals surface area contributed by atoms with Gasteiger partial charge >= 0.3 is 23.4 Å². The number of hydrogen-bond donors (Lipinski definition) is 2. The minimum atomic E-state index is -2.47. The highest BCUT2D eigenvalue weighted by atomic mass is 32.2. The molecule has 32 heavy (non-hydrogen) atoms. The first-order valence-electron chi connectivity index (χ1n) is 9.76. The number of anilines is 2. The summed E-state index contributed by atoms with van der Waals surface area (Å²) in [6.07, 6.45) is 0.00490. The molecule has 0 spiro atoms. The summed E-state index contributed by atoms with van der Waals surface area (Å²) in [6.45, 7) is 3.36. The topological polar surface area (TPSA) is 129 Å². The van der Waals surface area contributed by atoms with Crippen molar-refractivity contribution in [2.75, 3.05) is 23.9 Å². The van der Waals surface area contributed by atoms with Gasteiger partial charge in [0.15, 0.2) is 0 Å². The van der Waals surface area contributed by atoms with Crippen LogP contribution < -0.4 is 10.2 Å². The second kappa shape index (κ2) is 12.0. The van der Waals surface area contributed by atoms with Crippen molar-refractivity contribution < 1.29 is 27.3 Å². The molecule has 2 atom stereocenters. The van der Waals surface area contributed by atoms with E-state index in [9.17, 15) is 13.8 Å². The van der Waals surface area contributed by atoms with Crippen molar-refractivity contribution in [2.45, 2.75) is 32.8 Å². The third-order valence-electron chi connectivity index (χ3n) is 4.62. The number of amides is 2. The highest BCUT2D eigenvalue weighted by Gasteiger charge is 2.21. The molecule has 0 heterocycles. The Labute approximate surface area is 189 Å². The van der Waals surface area contributed by atoms with Gasteiger partial charge in [-0.3, -0.25) is 18.4 Å². The molecule has 0 saturated carbocycles. The SMILES string of the molecule is COC(=O)CCc1ccc(N(CC(C)OS(=O)O)C(=O)Nc2ccc(C#N)cc2C)cc1. The molecule has 2 amide bonds. The fourth-order valence-electron chi connectivity index (χ4n) is 2.98. The highest BCUT2D eigenvalue weighted by Crippen LogP contribution is 2.21. The lowest BCUT2D eigenvalue weighted by Gasteiger charge is -2.26. The largest absolute Gasteiger partial charge is 0.469 e. The number of urea groups is 1. The molecule has 9 nitrogen and oxygen atoms in total. The van der Waals surface area contributed by atoms with E-state index in [-0.39, 0.29) is 18.9 Å². The van der Waals surface area contributed by atoms with Gasteiger partial charge in [0, 0.05) is 17.8 Å². The standard InChI is InChI=1S/C22H25N3O6S/c1-15-12-18(13-23)6-10-20(15)24-22(27)25(14-16(2)31-32(28)29)19-8-4-17(5-9-19)7-11-21(26)30-3/h4-6,8-10,12,16H,7,11,14H2,1-3H3,(H,24,27)(H,28,29). The molecule has 0 saturated heterocycles. The molecule has 2 N–H and O–H groups in total. The second-order valence-corrected chi connectivity index (χ2v) is 7.68. The molecule has 2 aromatic carbocycles. The van der Waals surface area contributed by atoms with Crippen LogP contribution in [0.15, 0.2) is 42.5 Å². The zero-order chi connectivity index (χ0) is 23.7. The van der Waals surface area contributed by atoms with Crippen LogP contribution in [0.3, 0.4) is 0 Å². The van der Waals surface area contributed by atoms with Crippen molar-refractivity contribution in [1.29, 1.82) is 5.26 Å². The first kappa shape index (κ1) is 25.0. The summed E-state index contributed by atoms with van der Waals surface area (Å²) in [5, 5.41) is 11.8. The van der Waals surface area contributed by atoms with Gasteiger partial charge in [-0.2, -0.15) is 9.47 Å². The number of rotatable bonds is 9. The van der Waals surface area contributed by atoms with Gasteiger partial charge in [-0.05, 0) is 61.7 Å². The van der Waals surface area contributed by atoms with Crippen molar-refractivity contribution in [1.82, 2.24) is 0 Å². The van der Waals surface area contributed by atoms with E-state index in [1.165, 1.54) is 12.0 Å². The van der Waals surface area contributed by atoms with E-state index in [1.54, 1.807) is 56.3 Å². The number of methoxy groups -OCH3 is 1. The molecule has 2 aromatic rings. The van der Waals surface area contributed by atoms with E-state index in [0.717, 1.165) is 11.1 Å². The van der Waals surface area contributed by atoms with Gasteiger partial charge in [-0.1, -0.05) is 12.1 Å². The molecule has 0 aliphatic rings. The van der Waals surface area contributed by atoms with Crippen LogP contribution in [0.5, 0.6) is 0 Å². The Hall–Kier alpha value is -3.26. The van der Waals surface area contributed by atoms with Gasteiger partial charge in [0.05, 0.1) is 31.4 Å². The normalized spacial score (nSPS) is 12.3. The molecule has 0 aromatic heterocycles. The number of nitrogens with zero attached hydrogens (tertiary/aromatic N) is 2. The van der Waals surface area contributed by atoms with Crippen LogP contribution in [0.1, 0.15) is 30.0 Å². The maximum Gasteiger partial charge on any atom is 0.326 e. The summed E-state index contributed by atoms with van der Waals surface area (Å²) >= 11 is -2.47. The average Bonchev–Trinajstić information content (AvgIpc) is 2.77. The van der Waals surface area contributed by atoms with E-state index in [2.05, 4.69) is 10.1 Å². The van der Waals surface area contributed by atoms with E-state index >= 15 is 0 Å². The van der Waals surface area contributed by atoms with Crippen molar-refractivity contribution >= 4 is 34.7 Å². The number of esters is 1. The number of nitriles is 1. The molecule has 170 valence electrons. The summed E-state index contributed by atoms with van der Waals surface area (Å²) in [7, 11) is 1.33. The van der Waals surface area contributed by atoms with Crippen LogP contribution in [-0.2, 0) is 31.5 Å². The molecule has 2 rings (SSSR count). The Bertz CT molecular complexity index is 1020. The van der Waals surface area contributed by atoms with Crippen LogP contribution in [0.25, 0.3) is 0 Å². The van der Waals surface area contributed by atoms with Crippen LogP contribution in [0, 0.1) is 18.3 Å². The van der Waals surface area contributed by atoms with Gasteiger partial charge in [-0.15, -0.1) is 0 Å². The number of ether oxygens (including phenoxy) is 1. The van der Waals surface area contributed by atoms with Gasteiger partial charge in [0.1, 0.15) is 0 Å². The first-order chi connectivity index (χ1) is 15.2. The number of nitrogens with one attached hydrogen (secondary N) is 1. The Morgan fingerprint density at radius 2 is 1.94 bits per heavy atom. The molecular formula is C22H25N3O6S. The highest BCUT2D eigenvalue weighted by molar-refractivity contribution is 7.74. The number of hydrogen-bond acceptors (Lipinski definition) is 6. The first-order valence-corrected chi connectivity index (χ1v) is 10.8. The average molecular weight is 460 g/mol.